The van der Waals surface area contributed by atoms with Crippen molar-refractivity contribution in [3.05, 3.63) is 237 Å². The molecule has 0 spiro atoms. The van der Waals surface area contributed by atoms with Crippen LogP contribution in [0.3, 0.4) is 0 Å². The Morgan fingerprint density at radius 2 is 0.633 bits per heavy atom. The Morgan fingerprint density at radius 3 is 1.27 bits per heavy atom. The predicted octanol–water partition coefficient (Wildman–Crippen LogP) is 16.5. The van der Waals surface area contributed by atoms with Crippen molar-refractivity contribution in [2.75, 3.05) is 4.90 Å². The van der Waals surface area contributed by atoms with Crippen LogP contribution in [-0.2, 0) is 0 Å². The van der Waals surface area contributed by atoms with Gasteiger partial charge >= 0.3 is 0 Å². The quantitative estimate of drug-likeness (QED) is 0.153. The van der Waals surface area contributed by atoms with Gasteiger partial charge in [-0.1, -0.05) is 170 Å². The number of fused-ring (bicyclic) bond motifs is 4. The van der Waals surface area contributed by atoms with Gasteiger partial charge in [-0.15, -0.1) is 0 Å². The molecule has 1 heterocycles. The fourth-order valence-corrected chi connectivity index (χ4v) is 8.49. The molecule has 2 heteroatoms. The Morgan fingerprint density at radius 1 is 0.233 bits per heavy atom. The van der Waals surface area contributed by atoms with Gasteiger partial charge in [0.2, 0.25) is 0 Å². The van der Waals surface area contributed by atoms with E-state index in [0.717, 1.165) is 50.1 Å². The first-order chi connectivity index (χ1) is 29.7. The lowest BCUT2D eigenvalue weighted by Gasteiger charge is -2.26. The summed E-state index contributed by atoms with van der Waals surface area (Å²) in [6.07, 6.45) is 0. The fourth-order valence-electron chi connectivity index (χ4n) is 8.49. The number of rotatable bonds is 8. The molecule has 0 saturated heterocycles. The van der Waals surface area contributed by atoms with Crippen molar-refractivity contribution in [2.45, 2.75) is 0 Å². The van der Waals surface area contributed by atoms with Gasteiger partial charge in [-0.3, -0.25) is 0 Å². The van der Waals surface area contributed by atoms with Crippen LogP contribution in [0.2, 0.25) is 0 Å². The van der Waals surface area contributed by atoms with Gasteiger partial charge in [0.1, 0.15) is 11.2 Å². The summed E-state index contributed by atoms with van der Waals surface area (Å²) in [7, 11) is 0. The van der Waals surface area contributed by atoms with Gasteiger partial charge in [-0.25, -0.2) is 0 Å². The van der Waals surface area contributed by atoms with Crippen LogP contribution >= 0.6 is 0 Å². The van der Waals surface area contributed by atoms with Crippen molar-refractivity contribution in [3.8, 4) is 55.6 Å². The average molecular weight is 766 g/mol. The summed E-state index contributed by atoms with van der Waals surface area (Å²) in [6.45, 7) is 0. The first-order valence-corrected chi connectivity index (χ1v) is 20.5. The molecule has 282 valence electrons. The highest BCUT2D eigenvalue weighted by Gasteiger charge is 2.15. The van der Waals surface area contributed by atoms with Crippen LogP contribution in [0.1, 0.15) is 0 Å². The van der Waals surface area contributed by atoms with E-state index >= 15 is 0 Å². The largest absolute Gasteiger partial charge is 0.456 e. The number of hydrogen-bond donors (Lipinski definition) is 0. The van der Waals surface area contributed by atoms with Crippen molar-refractivity contribution in [3.63, 3.8) is 0 Å². The topological polar surface area (TPSA) is 16.4 Å². The van der Waals surface area contributed by atoms with E-state index in [4.69, 9.17) is 4.42 Å². The van der Waals surface area contributed by atoms with E-state index in [1.54, 1.807) is 0 Å². The van der Waals surface area contributed by atoms with E-state index in [2.05, 4.69) is 229 Å². The third-order valence-electron chi connectivity index (χ3n) is 11.7. The van der Waals surface area contributed by atoms with Crippen molar-refractivity contribution < 1.29 is 4.42 Å². The van der Waals surface area contributed by atoms with Crippen molar-refractivity contribution >= 4 is 49.8 Å². The molecule has 10 aromatic carbocycles. The van der Waals surface area contributed by atoms with Crippen LogP contribution in [0.15, 0.2) is 241 Å². The van der Waals surface area contributed by atoms with Crippen LogP contribution in [0, 0.1) is 0 Å². The minimum atomic E-state index is 0.900. The molecule has 0 unspecified atom stereocenters. The molecule has 0 amide bonds. The molecule has 0 aliphatic carbocycles. The van der Waals surface area contributed by atoms with E-state index in [1.807, 2.05) is 12.1 Å². The van der Waals surface area contributed by atoms with Crippen molar-refractivity contribution in [2.24, 2.45) is 0 Å². The zero-order valence-electron chi connectivity index (χ0n) is 32.9. The maximum atomic E-state index is 6.24. The number of para-hydroxylation sites is 1. The second-order valence-corrected chi connectivity index (χ2v) is 15.4. The summed E-state index contributed by atoms with van der Waals surface area (Å²) in [5.41, 5.74) is 16.9. The lowest BCUT2D eigenvalue weighted by Crippen LogP contribution is -2.09. The fraction of sp³-hybridized carbons (Fsp3) is 0. The Labute approximate surface area is 349 Å². The molecule has 11 rings (SSSR count). The molecule has 0 bridgehead atoms. The minimum Gasteiger partial charge on any atom is -0.456 e. The molecule has 0 aliphatic rings. The molecule has 1 aromatic heterocycles. The van der Waals surface area contributed by atoms with Crippen molar-refractivity contribution in [1.82, 2.24) is 0 Å². The van der Waals surface area contributed by atoms with Gasteiger partial charge in [0, 0.05) is 27.8 Å². The van der Waals surface area contributed by atoms with E-state index in [-0.39, 0.29) is 0 Å². The first-order valence-electron chi connectivity index (χ1n) is 20.5. The normalized spacial score (nSPS) is 11.3. The highest BCUT2D eigenvalue weighted by molar-refractivity contribution is 6.06. The van der Waals surface area contributed by atoms with Crippen LogP contribution in [0.5, 0.6) is 0 Å². The maximum Gasteiger partial charge on any atom is 0.136 e. The smallest absolute Gasteiger partial charge is 0.136 e. The monoisotopic (exact) mass is 765 g/mol. The predicted molar refractivity (Wildman–Crippen MR) is 253 cm³/mol. The molecule has 0 saturated carbocycles. The van der Waals surface area contributed by atoms with Crippen LogP contribution < -0.4 is 4.90 Å². The summed E-state index contributed by atoms with van der Waals surface area (Å²) in [4.78, 5) is 2.34. The molecule has 0 fully saturated rings. The standard InChI is InChI=1S/C58H39NO/c1-2-9-40(10-3-1)42-17-19-43(20-18-42)44-23-30-52(31-24-44)59(54-34-27-46(28-35-54)51-29-36-56-55-15-6-7-16-57(55)60-58(56)39-51)53-32-25-45(26-33-53)48-13-8-14-49(37-48)50-22-21-41-11-4-5-12-47(41)38-50/h1-39H. The second kappa shape index (κ2) is 15.1. The van der Waals surface area contributed by atoms with Gasteiger partial charge in [0.05, 0.1) is 0 Å². The van der Waals surface area contributed by atoms with Gasteiger partial charge in [-0.05, 0) is 133 Å². The summed E-state index contributed by atoms with van der Waals surface area (Å²) < 4.78 is 6.24. The molecule has 0 aliphatic heterocycles. The average Bonchev–Trinajstić information content (AvgIpc) is 3.71. The SMILES string of the molecule is c1ccc(-c2ccc(-c3ccc(N(c4ccc(-c5cccc(-c6ccc7ccccc7c6)c5)cc4)c4ccc(-c5ccc6c(c5)oc5ccccc56)cc4)cc3)cc2)cc1. The lowest BCUT2D eigenvalue weighted by atomic mass is 9.97. The van der Waals surface area contributed by atoms with Gasteiger partial charge in [-0.2, -0.15) is 0 Å². The number of hydrogen-bond acceptors (Lipinski definition) is 2. The van der Waals surface area contributed by atoms with Gasteiger partial charge in [0.15, 0.2) is 0 Å². The van der Waals surface area contributed by atoms with Crippen molar-refractivity contribution in [1.29, 1.82) is 0 Å². The number of furan rings is 1. The molecule has 11 aromatic rings. The van der Waals surface area contributed by atoms with Gasteiger partial charge in [0.25, 0.3) is 0 Å². The van der Waals surface area contributed by atoms with E-state index in [0.29, 0.717) is 0 Å². The number of benzene rings is 10. The number of nitrogens with zero attached hydrogens (tertiary/aromatic N) is 1. The molecule has 0 radical (unpaired) electrons. The molecule has 2 nitrogen and oxygen atoms in total. The minimum absolute atomic E-state index is 0.900. The lowest BCUT2D eigenvalue weighted by molar-refractivity contribution is 0.669. The third kappa shape index (κ3) is 6.70. The zero-order chi connectivity index (χ0) is 39.8. The molecule has 60 heavy (non-hydrogen) atoms. The van der Waals surface area contributed by atoms with Crippen LogP contribution in [0.4, 0.5) is 17.1 Å². The summed E-state index contributed by atoms with van der Waals surface area (Å²) in [6, 6.07) is 84.9. The highest BCUT2D eigenvalue weighted by Crippen LogP contribution is 2.39. The molecule has 0 atom stereocenters. The number of anilines is 3. The summed E-state index contributed by atoms with van der Waals surface area (Å²) in [5.74, 6) is 0. The molecular formula is C58H39NO. The van der Waals surface area contributed by atoms with E-state index < -0.39 is 0 Å². The van der Waals surface area contributed by atoms with E-state index in [9.17, 15) is 0 Å². The summed E-state index contributed by atoms with van der Waals surface area (Å²) in [5, 5.41) is 4.78. The molecule has 0 N–H and O–H groups in total. The Hall–Kier alpha value is -7.94. The molecular weight excluding hydrogens is 727 g/mol. The third-order valence-corrected chi connectivity index (χ3v) is 11.7. The van der Waals surface area contributed by atoms with Crippen LogP contribution in [-0.4, -0.2) is 0 Å². The Balaban J connectivity index is 0.926. The second-order valence-electron chi connectivity index (χ2n) is 15.4. The van der Waals surface area contributed by atoms with Crippen LogP contribution in [0.25, 0.3) is 88.3 Å². The summed E-state index contributed by atoms with van der Waals surface area (Å²) >= 11 is 0. The van der Waals surface area contributed by atoms with E-state index in [1.165, 1.54) is 55.3 Å². The Kier molecular flexibility index (Phi) is 8.87. The highest BCUT2D eigenvalue weighted by atomic mass is 16.3. The first kappa shape index (κ1) is 35.2. The Bertz CT molecular complexity index is 3270. The zero-order valence-corrected chi connectivity index (χ0v) is 32.9. The maximum absolute atomic E-state index is 6.24. The van der Waals surface area contributed by atoms with Gasteiger partial charge < -0.3 is 9.32 Å².